The van der Waals surface area contributed by atoms with Crippen molar-refractivity contribution in [3.05, 3.63) is 11.7 Å². The smallest absolute Gasteiger partial charge is 0.228 e. The van der Waals surface area contributed by atoms with Crippen LogP contribution in [0.25, 0.3) is 0 Å². The van der Waals surface area contributed by atoms with Crippen LogP contribution < -0.4 is 5.32 Å². The van der Waals surface area contributed by atoms with E-state index >= 15 is 0 Å². The summed E-state index contributed by atoms with van der Waals surface area (Å²) in [4.78, 5) is 4.25. The summed E-state index contributed by atoms with van der Waals surface area (Å²) in [5.74, 6) is 2.31. The minimum Gasteiger partial charge on any atom is -0.339 e. The summed E-state index contributed by atoms with van der Waals surface area (Å²) in [6, 6.07) is 0.377. The van der Waals surface area contributed by atoms with Gasteiger partial charge in [0.2, 0.25) is 5.89 Å². The molecule has 1 unspecified atom stereocenters. The Balaban J connectivity index is 2.48. The van der Waals surface area contributed by atoms with Gasteiger partial charge in [-0.15, -0.1) is 0 Å². The van der Waals surface area contributed by atoms with E-state index in [0.29, 0.717) is 11.9 Å². The van der Waals surface area contributed by atoms with Crippen molar-refractivity contribution < 1.29 is 4.52 Å². The van der Waals surface area contributed by atoms with Crippen LogP contribution in [0.2, 0.25) is 0 Å². The van der Waals surface area contributed by atoms with Crippen molar-refractivity contribution in [3.8, 4) is 0 Å². The topological polar surface area (TPSA) is 51.0 Å². The Labute approximate surface area is 82.5 Å². The lowest BCUT2D eigenvalue weighted by Gasteiger charge is -2.04. The molecule has 1 aromatic rings. The lowest BCUT2D eigenvalue weighted by atomic mass is 10.2. The van der Waals surface area contributed by atoms with E-state index in [1.165, 1.54) is 0 Å². The predicted molar refractivity (Wildman–Crippen MR) is 53.7 cm³/mol. The number of rotatable bonds is 5. The van der Waals surface area contributed by atoms with E-state index in [1.807, 2.05) is 13.3 Å². The third kappa shape index (κ3) is 3.36. The normalized spacial score (nSPS) is 13.2. The summed E-state index contributed by atoms with van der Waals surface area (Å²) in [6.45, 7) is 2.08. The average Bonchev–Trinajstić information content (AvgIpc) is 2.53. The average molecular weight is 201 g/mol. The molecule has 0 fully saturated rings. The highest BCUT2D eigenvalue weighted by Gasteiger charge is 2.08. The molecular formula is C8H15N3OS. The first-order chi connectivity index (χ1) is 6.26. The molecule has 1 N–H and O–H groups in total. The van der Waals surface area contributed by atoms with Gasteiger partial charge in [0, 0.05) is 12.5 Å². The van der Waals surface area contributed by atoms with E-state index < -0.39 is 0 Å². The fraction of sp³-hybridized carbons (Fsp3) is 0.750. The molecule has 1 atom stereocenters. The lowest BCUT2D eigenvalue weighted by molar-refractivity contribution is 0.362. The van der Waals surface area contributed by atoms with Crippen molar-refractivity contribution in [3.63, 3.8) is 0 Å². The third-order valence-electron chi connectivity index (χ3n) is 1.76. The van der Waals surface area contributed by atoms with E-state index in [4.69, 9.17) is 4.52 Å². The highest BCUT2D eigenvalue weighted by molar-refractivity contribution is 7.97. The Morgan fingerprint density at radius 1 is 1.62 bits per heavy atom. The highest BCUT2D eigenvalue weighted by Crippen LogP contribution is 2.06. The van der Waals surface area contributed by atoms with Crippen molar-refractivity contribution in [1.82, 2.24) is 15.5 Å². The summed E-state index contributed by atoms with van der Waals surface area (Å²) in [7, 11) is 1.92. The van der Waals surface area contributed by atoms with Gasteiger partial charge in [0.05, 0.1) is 5.75 Å². The third-order valence-corrected chi connectivity index (χ3v) is 2.30. The van der Waals surface area contributed by atoms with Crippen LogP contribution in [0.4, 0.5) is 0 Å². The molecule has 74 valence electrons. The van der Waals surface area contributed by atoms with Crippen LogP contribution in [-0.4, -0.2) is 29.5 Å². The molecule has 0 saturated carbocycles. The molecule has 4 nitrogen and oxygen atoms in total. The summed E-state index contributed by atoms with van der Waals surface area (Å²) < 4.78 is 5.08. The van der Waals surface area contributed by atoms with Crippen LogP contribution in [0.15, 0.2) is 4.52 Å². The highest BCUT2D eigenvalue weighted by atomic mass is 32.2. The molecule has 0 aliphatic carbocycles. The maximum Gasteiger partial charge on any atom is 0.228 e. The van der Waals surface area contributed by atoms with Gasteiger partial charge in [-0.05, 0) is 20.2 Å². The van der Waals surface area contributed by atoms with Crippen molar-refractivity contribution >= 4 is 11.8 Å². The van der Waals surface area contributed by atoms with Crippen LogP contribution in [0.1, 0.15) is 18.6 Å². The molecule has 0 bridgehead atoms. The van der Waals surface area contributed by atoms with Crippen LogP contribution in [0.5, 0.6) is 0 Å². The van der Waals surface area contributed by atoms with Gasteiger partial charge >= 0.3 is 0 Å². The number of aromatic nitrogens is 2. The molecular weight excluding hydrogens is 186 g/mol. The van der Waals surface area contributed by atoms with Gasteiger partial charge in [0.25, 0.3) is 0 Å². The maximum atomic E-state index is 5.08. The zero-order valence-electron chi connectivity index (χ0n) is 8.20. The number of hydrogen-bond donors (Lipinski definition) is 1. The van der Waals surface area contributed by atoms with E-state index in [9.17, 15) is 0 Å². The van der Waals surface area contributed by atoms with Crippen molar-refractivity contribution in [2.75, 3.05) is 13.3 Å². The van der Waals surface area contributed by atoms with Crippen molar-refractivity contribution in [1.29, 1.82) is 0 Å². The summed E-state index contributed by atoms with van der Waals surface area (Å²) in [5.41, 5.74) is 0. The summed E-state index contributed by atoms with van der Waals surface area (Å²) in [5, 5.41) is 6.98. The van der Waals surface area contributed by atoms with Gasteiger partial charge in [0.15, 0.2) is 5.82 Å². The predicted octanol–water partition coefficient (Wildman–Crippen LogP) is 1.08. The Hall–Kier alpha value is -0.550. The molecule has 0 amide bonds. The van der Waals surface area contributed by atoms with E-state index in [2.05, 4.69) is 22.4 Å². The second kappa shape index (κ2) is 5.24. The van der Waals surface area contributed by atoms with Crippen LogP contribution in [0.3, 0.4) is 0 Å². The molecule has 0 aliphatic heterocycles. The number of hydrogen-bond acceptors (Lipinski definition) is 5. The molecule has 1 heterocycles. The molecule has 0 radical (unpaired) electrons. The van der Waals surface area contributed by atoms with Gasteiger partial charge in [-0.1, -0.05) is 5.16 Å². The van der Waals surface area contributed by atoms with Gasteiger partial charge in [-0.2, -0.15) is 16.7 Å². The Morgan fingerprint density at radius 2 is 2.38 bits per heavy atom. The fourth-order valence-electron chi connectivity index (χ4n) is 0.925. The van der Waals surface area contributed by atoms with Gasteiger partial charge in [-0.25, -0.2) is 0 Å². The molecule has 1 rings (SSSR count). The zero-order valence-corrected chi connectivity index (χ0v) is 9.02. The first kappa shape index (κ1) is 10.5. The van der Waals surface area contributed by atoms with Gasteiger partial charge in [0.1, 0.15) is 0 Å². The minimum absolute atomic E-state index is 0.377. The molecule has 1 aromatic heterocycles. The Morgan fingerprint density at radius 3 is 3.00 bits per heavy atom. The monoisotopic (exact) mass is 201 g/mol. The molecule has 0 aliphatic rings. The van der Waals surface area contributed by atoms with Gasteiger partial charge < -0.3 is 9.84 Å². The van der Waals surface area contributed by atoms with Crippen LogP contribution >= 0.6 is 11.8 Å². The zero-order chi connectivity index (χ0) is 9.68. The standard InChI is InChI=1S/C8H15N3OS/c1-6(9-2)4-8-10-7(5-13-3)11-12-8/h6,9H,4-5H2,1-3H3. The number of thioether (sulfide) groups is 1. The first-order valence-electron chi connectivity index (χ1n) is 4.24. The molecule has 0 saturated heterocycles. The summed E-state index contributed by atoms with van der Waals surface area (Å²) >= 11 is 1.69. The lowest BCUT2D eigenvalue weighted by Crippen LogP contribution is -2.23. The first-order valence-corrected chi connectivity index (χ1v) is 5.63. The van der Waals surface area contributed by atoms with Crippen molar-refractivity contribution in [2.24, 2.45) is 0 Å². The van der Waals surface area contributed by atoms with E-state index in [0.717, 1.165) is 18.0 Å². The van der Waals surface area contributed by atoms with Crippen LogP contribution in [-0.2, 0) is 12.2 Å². The van der Waals surface area contributed by atoms with Gasteiger partial charge in [-0.3, -0.25) is 0 Å². The number of nitrogens with one attached hydrogen (secondary N) is 1. The minimum atomic E-state index is 0.377. The van der Waals surface area contributed by atoms with E-state index in [-0.39, 0.29) is 0 Å². The second-order valence-electron chi connectivity index (χ2n) is 2.93. The van der Waals surface area contributed by atoms with E-state index in [1.54, 1.807) is 11.8 Å². The molecule has 0 aromatic carbocycles. The van der Waals surface area contributed by atoms with Crippen LogP contribution in [0, 0.1) is 0 Å². The number of likely N-dealkylation sites (N-methyl/N-ethyl adjacent to an activating group) is 1. The molecule has 5 heteroatoms. The number of nitrogens with zero attached hydrogens (tertiary/aromatic N) is 2. The Bertz CT molecular complexity index is 251. The molecule has 13 heavy (non-hydrogen) atoms. The maximum absolute atomic E-state index is 5.08. The van der Waals surface area contributed by atoms with Crippen molar-refractivity contribution in [2.45, 2.75) is 25.1 Å². The SMILES string of the molecule is CNC(C)Cc1nc(CSC)no1. The largest absolute Gasteiger partial charge is 0.339 e. The Kier molecular flexibility index (Phi) is 4.24. The second-order valence-corrected chi connectivity index (χ2v) is 3.80. The summed E-state index contributed by atoms with van der Waals surface area (Å²) in [6.07, 6.45) is 2.81. The fourth-order valence-corrected chi connectivity index (χ4v) is 1.30. The molecule has 0 spiro atoms. The quantitative estimate of drug-likeness (QED) is 0.772.